The van der Waals surface area contributed by atoms with Crippen LogP contribution in [-0.4, -0.2) is 4.92 Å². The van der Waals surface area contributed by atoms with Crippen LogP contribution in [0.2, 0.25) is 0 Å². The lowest BCUT2D eigenvalue weighted by molar-refractivity contribution is -0.384. The first-order valence-electron chi connectivity index (χ1n) is 8.34. The van der Waals surface area contributed by atoms with E-state index in [1.165, 1.54) is 35.6 Å². The standard InChI is InChI=1S/C22H17NO2/c24-23(25)22-6-2-5-20(15-22)19-4-1-3-16(13-19)7-8-17-9-10-18-11-12-21(18)14-17/h1-10,13-15H,11-12H2. The Hall–Kier alpha value is -3.20. The monoisotopic (exact) mass is 327 g/mol. The van der Waals surface area contributed by atoms with Crippen LogP contribution in [0.1, 0.15) is 22.3 Å². The van der Waals surface area contributed by atoms with Gasteiger partial charge in [0, 0.05) is 12.1 Å². The summed E-state index contributed by atoms with van der Waals surface area (Å²) in [5.74, 6) is 0. The minimum absolute atomic E-state index is 0.112. The van der Waals surface area contributed by atoms with E-state index < -0.39 is 0 Å². The van der Waals surface area contributed by atoms with Crippen molar-refractivity contribution in [1.29, 1.82) is 0 Å². The Labute approximate surface area is 146 Å². The Kier molecular flexibility index (Phi) is 3.90. The molecule has 0 radical (unpaired) electrons. The van der Waals surface area contributed by atoms with Gasteiger partial charge in [-0.05, 0) is 52.3 Å². The minimum Gasteiger partial charge on any atom is -0.258 e. The number of non-ortho nitro benzene ring substituents is 1. The van der Waals surface area contributed by atoms with Crippen molar-refractivity contribution in [3.63, 3.8) is 0 Å². The number of nitro benzene ring substituents is 1. The SMILES string of the molecule is O=[N+]([O-])c1cccc(-c2cccc(C=Cc3ccc4c(c3)CC4)c2)c1. The summed E-state index contributed by atoms with van der Waals surface area (Å²) in [7, 11) is 0. The van der Waals surface area contributed by atoms with Crippen molar-refractivity contribution in [3.8, 4) is 11.1 Å². The summed E-state index contributed by atoms with van der Waals surface area (Å²) in [4.78, 5) is 10.6. The van der Waals surface area contributed by atoms with Crippen LogP contribution in [0.5, 0.6) is 0 Å². The summed E-state index contributed by atoms with van der Waals surface area (Å²) < 4.78 is 0. The number of nitrogens with zero attached hydrogens (tertiary/aromatic N) is 1. The van der Waals surface area contributed by atoms with E-state index in [0.29, 0.717) is 0 Å². The fourth-order valence-electron chi connectivity index (χ4n) is 3.13. The van der Waals surface area contributed by atoms with Gasteiger partial charge in [-0.2, -0.15) is 0 Å². The predicted octanol–water partition coefficient (Wildman–Crippen LogP) is 5.53. The summed E-state index contributed by atoms with van der Waals surface area (Å²) in [5.41, 5.74) is 7.14. The molecule has 1 aliphatic rings. The molecule has 25 heavy (non-hydrogen) atoms. The molecule has 1 aliphatic carbocycles. The van der Waals surface area contributed by atoms with Crippen LogP contribution in [0.15, 0.2) is 66.7 Å². The van der Waals surface area contributed by atoms with Crippen molar-refractivity contribution in [3.05, 3.63) is 99.1 Å². The molecule has 0 heterocycles. The zero-order chi connectivity index (χ0) is 17.2. The van der Waals surface area contributed by atoms with Gasteiger partial charge in [0.05, 0.1) is 4.92 Å². The Bertz CT molecular complexity index is 989. The van der Waals surface area contributed by atoms with Crippen LogP contribution in [0.4, 0.5) is 5.69 Å². The fourth-order valence-corrected chi connectivity index (χ4v) is 3.13. The van der Waals surface area contributed by atoms with Crippen LogP contribution in [0.25, 0.3) is 23.3 Å². The topological polar surface area (TPSA) is 43.1 Å². The second-order valence-corrected chi connectivity index (χ2v) is 6.29. The summed E-state index contributed by atoms with van der Waals surface area (Å²) >= 11 is 0. The van der Waals surface area contributed by atoms with E-state index in [2.05, 4.69) is 36.4 Å². The maximum atomic E-state index is 11.0. The highest BCUT2D eigenvalue weighted by Crippen LogP contribution is 2.26. The number of fused-ring (bicyclic) bond motifs is 1. The first-order chi connectivity index (χ1) is 12.2. The van der Waals surface area contributed by atoms with Crippen LogP contribution >= 0.6 is 0 Å². The normalized spacial score (nSPS) is 12.6. The average molecular weight is 327 g/mol. The second-order valence-electron chi connectivity index (χ2n) is 6.29. The number of aryl methyl sites for hydroxylation is 2. The van der Waals surface area contributed by atoms with Crippen molar-refractivity contribution in [2.45, 2.75) is 12.8 Å². The third-order valence-electron chi connectivity index (χ3n) is 4.64. The van der Waals surface area contributed by atoms with Crippen molar-refractivity contribution in [2.75, 3.05) is 0 Å². The number of benzene rings is 3. The fraction of sp³-hybridized carbons (Fsp3) is 0.0909. The number of hydrogen-bond acceptors (Lipinski definition) is 2. The third kappa shape index (κ3) is 3.22. The van der Waals surface area contributed by atoms with Gasteiger partial charge in [-0.25, -0.2) is 0 Å². The third-order valence-corrected chi connectivity index (χ3v) is 4.64. The van der Waals surface area contributed by atoms with E-state index in [9.17, 15) is 10.1 Å². The molecule has 122 valence electrons. The highest BCUT2D eigenvalue weighted by molar-refractivity contribution is 5.74. The largest absolute Gasteiger partial charge is 0.270 e. The molecule has 4 rings (SSSR count). The van der Waals surface area contributed by atoms with E-state index in [4.69, 9.17) is 0 Å². The average Bonchev–Trinajstić information content (AvgIpc) is 2.62. The second kappa shape index (κ2) is 6.36. The Morgan fingerprint density at radius 3 is 2.12 bits per heavy atom. The molecule has 0 fully saturated rings. The number of rotatable bonds is 4. The highest BCUT2D eigenvalue weighted by atomic mass is 16.6. The van der Waals surface area contributed by atoms with Gasteiger partial charge >= 0.3 is 0 Å². The summed E-state index contributed by atoms with van der Waals surface area (Å²) in [6.45, 7) is 0. The maximum Gasteiger partial charge on any atom is 0.270 e. The Balaban J connectivity index is 1.60. The van der Waals surface area contributed by atoms with E-state index in [1.807, 2.05) is 24.3 Å². The molecule has 0 aliphatic heterocycles. The molecule has 0 saturated carbocycles. The van der Waals surface area contributed by atoms with Gasteiger partial charge in [0.1, 0.15) is 0 Å². The van der Waals surface area contributed by atoms with Gasteiger partial charge in [0.2, 0.25) is 0 Å². The molecule has 0 amide bonds. The molecular formula is C22H17NO2. The van der Waals surface area contributed by atoms with Crippen molar-refractivity contribution in [2.24, 2.45) is 0 Å². The first kappa shape index (κ1) is 15.3. The summed E-state index contributed by atoms with van der Waals surface area (Å²) in [6, 6.07) is 21.4. The molecule has 0 N–H and O–H groups in total. The van der Waals surface area contributed by atoms with E-state index in [1.54, 1.807) is 12.1 Å². The van der Waals surface area contributed by atoms with Crippen molar-refractivity contribution < 1.29 is 4.92 Å². The van der Waals surface area contributed by atoms with Crippen LogP contribution in [0, 0.1) is 10.1 Å². The molecule has 0 spiro atoms. The molecule has 0 saturated heterocycles. The van der Waals surface area contributed by atoms with Gasteiger partial charge in [0.15, 0.2) is 0 Å². The lowest BCUT2D eigenvalue weighted by atomic mass is 9.87. The van der Waals surface area contributed by atoms with E-state index >= 15 is 0 Å². The molecule has 3 nitrogen and oxygen atoms in total. The maximum absolute atomic E-state index is 11.0. The lowest BCUT2D eigenvalue weighted by Gasteiger charge is -2.18. The molecule has 3 heteroatoms. The lowest BCUT2D eigenvalue weighted by Crippen LogP contribution is -2.07. The minimum atomic E-state index is -0.363. The summed E-state index contributed by atoms with van der Waals surface area (Å²) in [6.07, 6.45) is 6.58. The van der Waals surface area contributed by atoms with Gasteiger partial charge in [-0.15, -0.1) is 0 Å². The molecule has 0 atom stereocenters. The van der Waals surface area contributed by atoms with E-state index in [0.717, 1.165) is 16.7 Å². The number of nitro groups is 1. The van der Waals surface area contributed by atoms with Crippen LogP contribution < -0.4 is 0 Å². The Morgan fingerprint density at radius 2 is 1.44 bits per heavy atom. The Morgan fingerprint density at radius 1 is 0.760 bits per heavy atom. The first-order valence-corrected chi connectivity index (χ1v) is 8.34. The predicted molar refractivity (Wildman–Crippen MR) is 101 cm³/mol. The molecular weight excluding hydrogens is 310 g/mol. The molecule has 0 bridgehead atoms. The quantitative estimate of drug-likeness (QED) is 0.359. The molecule has 0 unspecified atom stereocenters. The van der Waals surface area contributed by atoms with Crippen LogP contribution in [-0.2, 0) is 12.8 Å². The van der Waals surface area contributed by atoms with Crippen molar-refractivity contribution >= 4 is 17.8 Å². The van der Waals surface area contributed by atoms with Gasteiger partial charge in [-0.1, -0.05) is 60.7 Å². The van der Waals surface area contributed by atoms with Gasteiger partial charge < -0.3 is 0 Å². The molecule has 3 aromatic carbocycles. The zero-order valence-corrected chi connectivity index (χ0v) is 13.7. The van der Waals surface area contributed by atoms with Crippen LogP contribution in [0.3, 0.4) is 0 Å². The zero-order valence-electron chi connectivity index (χ0n) is 13.7. The summed E-state index contributed by atoms with van der Waals surface area (Å²) in [5, 5.41) is 11.0. The molecule has 3 aromatic rings. The smallest absolute Gasteiger partial charge is 0.258 e. The molecule has 0 aromatic heterocycles. The highest BCUT2D eigenvalue weighted by Gasteiger charge is 2.11. The van der Waals surface area contributed by atoms with Gasteiger partial charge in [0.25, 0.3) is 5.69 Å². The number of hydrogen-bond donors (Lipinski definition) is 0. The van der Waals surface area contributed by atoms with Gasteiger partial charge in [-0.3, -0.25) is 10.1 Å². The van der Waals surface area contributed by atoms with Crippen molar-refractivity contribution in [1.82, 2.24) is 0 Å². The van der Waals surface area contributed by atoms with E-state index in [-0.39, 0.29) is 10.6 Å².